The molecule has 1 aromatic carbocycles. The van der Waals surface area contributed by atoms with E-state index >= 15 is 0 Å². The van der Waals surface area contributed by atoms with Gasteiger partial charge in [0.05, 0.1) is 0 Å². The summed E-state index contributed by atoms with van der Waals surface area (Å²) >= 11 is 0. The van der Waals surface area contributed by atoms with Crippen molar-refractivity contribution in [2.24, 2.45) is 0 Å². The number of pyridine rings is 1. The van der Waals surface area contributed by atoms with Gasteiger partial charge in [0.2, 0.25) is 0 Å². The standard InChI is InChI=1S/C16H21N3/c1-19-10-3-5-14(8-11-19)18-16-6-2-4-13-12-17-9-7-15(13)16/h2,4,6-7,9,12,14,18H,3,5,8,10-11H2,1H3. The number of hydrogen-bond acceptors (Lipinski definition) is 3. The topological polar surface area (TPSA) is 28.2 Å². The fourth-order valence-corrected chi connectivity index (χ4v) is 2.85. The Labute approximate surface area is 114 Å². The van der Waals surface area contributed by atoms with Gasteiger partial charge in [0, 0.05) is 34.9 Å². The fraction of sp³-hybridized carbons (Fsp3) is 0.438. The van der Waals surface area contributed by atoms with Gasteiger partial charge in [0.1, 0.15) is 0 Å². The zero-order valence-corrected chi connectivity index (χ0v) is 11.5. The number of nitrogens with zero attached hydrogens (tertiary/aromatic N) is 2. The minimum atomic E-state index is 0.587. The highest BCUT2D eigenvalue weighted by atomic mass is 15.1. The first-order valence-corrected chi connectivity index (χ1v) is 7.11. The van der Waals surface area contributed by atoms with Gasteiger partial charge in [-0.05, 0) is 51.5 Å². The molecule has 0 amide bonds. The smallest absolute Gasteiger partial charge is 0.0423 e. The maximum Gasteiger partial charge on any atom is 0.0423 e. The first kappa shape index (κ1) is 12.4. The molecule has 0 saturated carbocycles. The highest BCUT2D eigenvalue weighted by molar-refractivity contribution is 5.93. The number of anilines is 1. The normalized spacial score (nSPS) is 21.2. The molecule has 1 saturated heterocycles. The molecule has 3 rings (SSSR count). The molecule has 1 aromatic heterocycles. The second-order valence-electron chi connectivity index (χ2n) is 5.48. The van der Waals surface area contributed by atoms with Crippen molar-refractivity contribution >= 4 is 16.5 Å². The number of likely N-dealkylation sites (tertiary alicyclic amines) is 1. The lowest BCUT2D eigenvalue weighted by molar-refractivity contribution is 0.348. The Morgan fingerprint density at radius 1 is 1.21 bits per heavy atom. The molecule has 0 radical (unpaired) electrons. The average molecular weight is 255 g/mol. The minimum Gasteiger partial charge on any atom is -0.382 e. The molecule has 1 aliphatic heterocycles. The third kappa shape index (κ3) is 2.87. The van der Waals surface area contributed by atoms with Crippen LogP contribution in [-0.4, -0.2) is 36.1 Å². The molecule has 1 atom stereocenters. The van der Waals surface area contributed by atoms with Crippen LogP contribution in [0.3, 0.4) is 0 Å². The van der Waals surface area contributed by atoms with Gasteiger partial charge in [-0.2, -0.15) is 0 Å². The van der Waals surface area contributed by atoms with Crippen LogP contribution in [0.25, 0.3) is 10.8 Å². The molecule has 19 heavy (non-hydrogen) atoms. The number of rotatable bonds is 2. The Morgan fingerprint density at radius 3 is 3.11 bits per heavy atom. The van der Waals surface area contributed by atoms with Crippen LogP contribution in [0.2, 0.25) is 0 Å². The van der Waals surface area contributed by atoms with E-state index in [1.807, 2.05) is 12.4 Å². The Hall–Kier alpha value is -1.61. The van der Waals surface area contributed by atoms with Gasteiger partial charge in [-0.1, -0.05) is 12.1 Å². The summed E-state index contributed by atoms with van der Waals surface area (Å²) in [6.07, 6.45) is 7.56. The minimum absolute atomic E-state index is 0.587. The summed E-state index contributed by atoms with van der Waals surface area (Å²) in [5.74, 6) is 0. The summed E-state index contributed by atoms with van der Waals surface area (Å²) in [4.78, 5) is 6.62. The monoisotopic (exact) mass is 255 g/mol. The second-order valence-corrected chi connectivity index (χ2v) is 5.48. The Morgan fingerprint density at radius 2 is 2.16 bits per heavy atom. The molecule has 1 N–H and O–H groups in total. The van der Waals surface area contributed by atoms with E-state index in [0.717, 1.165) is 0 Å². The molecule has 0 aliphatic carbocycles. The maximum absolute atomic E-state index is 4.19. The lowest BCUT2D eigenvalue weighted by Gasteiger charge is -2.19. The van der Waals surface area contributed by atoms with Crippen LogP contribution in [0.5, 0.6) is 0 Å². The molecule has 1 unspecified atom stereocenters. The molecule has 2 aromatic rings. The summed E-state index contributed by atoms with van der Waals surface area (Å²) in [7, 11) is 2.21. The van der Waals surface area contributed by atoms with Gasteiger partial charge in [-0.15, -0.1) is 0 Å². The molecular formula is C16H21N3. The molecular weight excluding hydrogens is 234 g/mol. The van der Waals surface area contributed by atoms with Gasteiger partial charge in [-0.3, -0.25) is 4.98 Å². The van der Waals surface area contributed by atoms with E-state index in [0.29, 0.717) is 6.04 Å². The summed E-state index contributed by atoms with van der Waals surface area (Å²) in [6.45, 7) is 2.40. The first-order valence-electron chi connectivity index (χ1n) is 7.11. The largest absolute Gasteiger partial charge is 0.382 e. The Balaban J connectivity index is 1.81. The molecule has 3 heteroatoms. The summed E-state index contributed by atoms with van der Waals surface area (Å²) in [6, 6.07) is 9.09. The SMILES string of the molecule is CN1CCCC(Nc2cccc3cnccc23)CC1. The highest BCUT2D eigenvalue weighted by Crippen LogP contribution is 2.24. The summed E-state index contributed by atoms with van der Waals surface area (Å²) in [5.41, 5.74) is 1.24. The van der Waals surface area contributed by atoms with Crippen LogP contribution >= 0.6 is 0 Å². The number of hydrogen-bond donors (Lipinski definition) is 1. The van der Waals surface area contributed by atoms with Crippen molar-refractivity contribution in [3.05, 3.63) is 36.7 Å². The van der Waals surface area contributed by atoms with Crippen molar-refractivity contribution in [3.8, 4) is 0 Å². The molecule has 1 aliphatic rings. The van der Waals surface area contributed by atoms with Crippen molar-refractivity contribution in [2.45, 2.75) is 25.3 Å². The third-order valence-corrected chi connectivity index (χ3v) is 3.99. The van der Waals surface area contributed by atoms with E-state index in [1.165, 1.54) is 48.8 Å². The molecule has 2 heterocycles. The fourth-order valence-electron chi connectivity index (χ4n) is 2.85. The lowest BCUT2D eigenvalue weighted by atomic mass is 10.1. The third-order valence-electron chi connectivity index (χ3n) is 3.99. The number of benzene rings is 1. The molecule has 1 fully saturated rings. The van der Waals surface area contributed by atoms with Crippen molar-refractivity contribution in [3.63, 3.8) is 0 Å². The number of fused-ring (bicyclic) bond motifs is 1. The average Bonchev–Trinajstić information content (AvgIpc) is 2.64. The lowest BCUT2D eigenvalue weighted by Crippen LogP contribution is -2.23. The van der Waals surface area contributed by atoms with Crippen molar-refractivity contribution in [1.29, 1.82) is 0 Å². The van der Waals surface area contributed by atoms with Gasteiger partial charge >= 0.3 is 0 Å². The van der Waals surface area contributed by atoms with E-state index < -0.39 is 0 Å². The van der Waals surface area contributed by atoms with E-state index in [9.17, 15) is 0 Å². The quantitative estimate of drug-likeness (QED) is 0.893. The van der Waals surface area contributed by atoms with E-state index in [-0.39, 0.29) is 0 Å². The summed E-state index contributed by atoms with van der Waals surface area (Å²) in [5, 5.41) is 6.21. The predicted molar refractivity (Wildman–Crippen MR) is 80.5 cm³/mol. The Bertz CT molecular complexity index is 547. The zero-order valence-electron chi connectivity index (χ0n) is 11.5. The van der Waals surface area contributed by atoms with Crippen molar-refractivity contribution in [2.75, 3.05) is 25.5 Å². The molecule has 100 valence electrons. The molecule has 0 spiro atoms. The van der Waals surface area contributed by atoms with E-state index in [2.05, 4.69) is 46.5 Å². The number of nitrogens with one attached hydrogen (secondary N) is 1. The van der Waals surface area contributed by atoms with Crippen molar-refractivity contribution < 1.29 is 0 Å². The van der Waals surface area contributed by atoms with Crippen LogP contribution in [0, 0.1) is 0 Å². The van der Waals surface area contributed by atoms with E-state index in [1.54, 1.807) is 0 Å². The van der Waals surface area contributed by atoms with Gasteiger partial charge in [0.15, 0.2) is 0 Å². The van der Waals surface area contributed by atoms with E-state index in [4.69, 9.17) is 0 Å². The van der Waals surface area contributed by atoms with Crippen molar-refractivity contribution in [1.82, 2.24) is 9.88 Å². The summed E-state index contributed by atoms with van der Waals surface area (Å²) < 4.78 is 0. The Kier molecular flexibility index (Phi) is 3.65. The van der Waals surface area contributed by atoms with Crippen LogP contribution < -0.4 is 5.32 Å². The first-order chi connectivity index (χ1) is 9.33. The number of aromatic nitrogens is 1. The van der Waals surface area contributed by atoms with Crippen LogP contribution in [0.4, 0.5) is 5.69 Å². The van der Waals surface area contributed by atoms with Gasteiger partial charge in [0.25, 0.3) is 0 Å². The molecule has 0 bridgehead atoms. The predicted octanol–water partition coefficient (Wildman–Crippen LogP) is 3.13. The second kappa shape index (κ2) is 5.57. The van der Waals surface area contributed by atoms with Gasteiger partial charge < -0.3 is 10.2 Å². The van der Waals surface area contributed by atoms with Gasteiger partial charge in [-0.25, -0.2) is 0 Å². The van der Waals surface area contributed by atoms with Crippen LogP contribution in [-0.2, 0) is 0 Å². The van der Waals surface area contributed by atoms with Crippen LogP contribution in [0.1, 0.15) is 19.3 Å². The maximum atomic E-state index is 4.19. The van der Waals surface area contributed by atoms with Crippen LogP contribution in [0.15, 0.2) is 36.7 Å². The zero-order chi connectivity index (χ0) is 13.1. The molecule has 3 nitrogen and oxygen atoms in total. The highest BCUT2D eigenvalue weighted by Gasteiger charge is 2.15.